The van der Waals surface area contributed by atoms with E-state index < -0.39 is 5.91 Å². The van der Waals surface area contributed by atoms with E-state index in [-0.39, 0.29) is 11.5 Å². The van der Waals surface area contributed by atoms with Gasteiger partial charge >= 0.3 is 0 Å². The average molecular weight is 216 g/mol. The third-order valence-electron chi connectivity index (χ3n) is 1.75. The highest BCUT2D eigenvalue weighted by atomic mass is 16.2. The molecule has 2 heterocycles. The second-order valence-electron chi connectivity index (χ2n) is 2.83. The summed E-state index contributed by atoms with van der Waals surface area (Å²) in [5, 5.41) is 2.50. The minimum Gasteiger partial charge on any atom is -0.382 e. The van der Waals surface area contributed by atoms with Crippen molar-refractivity contribution in [2.75, 3.05) is 11.1 Å². The van der Waals surface area contributed by atoms with Crippen LogP contribution in [0.25, 0.3) is 0 Å². The minimum absolute atomic E-state index is 0.0631. The van der Waals surface area contributed by atoms with Gasteiger partial charge in [0.15, 0.2) is 17.3 Å². The zero-order valence-corrected chi connectivity index (χ0v) is 8.16. The van der Waals surface area contributed by atoms with Crippen LogP contribution >= 0.6 is 0 Å². The number of anilines is 2. The molecule has 1 amide bonds. The fourth-order valence-corrected chi connectivity index (χ4v) is 1.06. The van der Waals surface area contributed by atoms with E-state index >= 15 is 0 Å². The molecule has 0 spiro atoms. The first-order valence-electron chi connectivity index (χ1n) is 4.41. The Labute approximate surface area is 90.8 Å². The van der Waals surface area contributed by atoms with Gasteiger partial charge in [-0.25, -0.2) is 15.0 Å². The van der Waals surface area contributed by atoms with E-state index in [1.807, 2.05) is 0 Å². The van der Waals surface area contributed by atoms with Gasteiger partial charge in [-0.3, -0.25) is 9.78 Å². The Kier molecular flexibility index (Phi) is 2.68. The predicted octanol–water partition coefficient (Wildman–Crippen LogP) is 0.101. The third kappa shape index (κ3) is 2.08. The fourth-order valence-electron chi connectivity index (χ4n) is 1.06. The molecule has 0 fully saturated rings. The summed E-state index contributed by atoms with van der Waals surface area (Å²) in [5.74, 6) is -0.0625. The molecule has 0 aliphatic heterocycles. The van der Waals surface area contributed by atoms with E-state index in [1.54, 1.807) is 0 Å². The zero-order chi connectivity index (χ0) is 11.4. The summed E-state index contributed by atoms with van der Waals surface area (Å²) in [6.07, 6.45) is 7.20. The van der Waals surface area contributed by atoms with E-state index in [4.69, 9.17) is 5.73 Å². The van der Waals surface area contributed by atoms with Crippen molar-refractivity contribution in [3.05, 3.63) is 36.7 Å². The molecule has 7 heteroatoms. The van der Waals surface area contributed by atoms with E-state index in [2.05, 4.69) is 25.3 Å². The predicted molar refractivity (Wildman–Crippen MR) is 56.4 cm³/mol. The third-order valence-corrected chi connectivity index (χ3v) is 1.75. The van der Waals surface area contributed by atoms with Crippen LogP contribution in [0.5, 0.6) is 0 Å². The van der Waals surface area contributed by atoms with Crippen LogP contribution in [0.15, 0.2) is 31.0 Å². The maximum Gasteiger partial charge on any atom is 0.279 e. The standard InChI is InChI=1S/C9H8N6O/c10-8-7(13-3-4-14-8)9(16)15-6-5-11-1-2-12-6/h1-5H,(H2,10,14)(H,12,15,16). The van der Waals surface area contributed by atoms with Gasteiger partial charge < -0.3 is 11.1 Å². The molecular weight excluding hydrogens is 208 g/mol. The molecule has 0 saturated heterocycles. The van der Waals surface area contributed by atoms with Crippen LogP contribution in [0, 0.1) is 0 Å². The maximum atomic E-state index is 11.7. The molecule has 16 heavy (non-hydrogen) atoms. The number of carbonyl (C=O) groups excluding carboxylic acids is 1. The summed E-state index contributed by atoms with van der Waals surface area (Å²) in [7, 11) is 0. The largest absolute Gasteiger partial charge is 0.382 e. The maximum absolute atomic E-state index is 11.7. The van der Waals surface area contributed by atoms with Crippen LogP contribution in [0.4, 0.5) is 11.6 Å². The number of nitrogen functional groups attached to an aromatic ring is 1. The molecule has 0 aromatic carbocycles. The quantitative estimate of drug-likeness (QED) is 0.737. The topological polar surface area (TPSA) is 107 Å². The Bertz CT molecular complexity index is 500. The number of nitrogens with two attached hydrogens (primary N) is 1. The summed E-state index contributed by atoms with van der Waals surface area (Å²) in [4.78, 5) is 27.0. The Hall–Kier alpha value is -2.57. The van der Waals surface area contributed by atoms with E-state index in [9.17, 15) is 4.79 Å². The lowest BCUT2D eigenvalue weighted by Crippen LogP contribution is -2.17. The van der Waals surface area contributed by atoms with Crippen LogP contribution in [0.2, 0.25) is 0 Å². The van der Waals surface area contributed by atoms with E-state index in [0.29, 0.717) is 5.82 Å². The van der Waals surface area contributed by atoms with Gasteiger partial charge in [0.1, 0.15) is 0 Å². The average Bonchev–Trinajstić information content (AvgIpc) is 2.31. The van der Waals surface area contributed by atoms with Gasteiger partial charge in [0.25, 0.3) is 5.91 Å². The molecule has 0 saturated carbocycles. The Morgan fingerprint density at radius 3 is 2.56 bits per heavy atom. The lowest BCUT2D eigenvalue weighted by Gasteiger charge is -2.03. The second kappa shape index (κ2) is 4.30. The first kappa shape index (κ1) is 9.97. The lowest BCUT2D eigenvalue weighted by atomic mass is 10.4. The summed E-state index contributed by atoms with van der Waals surface area (Å²) in [6.45, 7) is 0. The molecule has 0 radical (unpaired) electrons. The monoisotopic (exact) mass is 216 g/mol. The first-order valence-corrected chi connectivity index (χ1v) is 4.41. The van der Waals surface area contributed by atoms with Crippen LogP contribution in [-0.2, 0) is 0 Å². The molecule has 2 aromatic heterocycles. The number of rotatable bonds is 2. The normalized spacial score (nSPS) is 9.75. The molecule has 2 rings (SSSR count). The molecule has 2 aromatic rings. The summed E-state index contributed by atoms with van der Waals surface area (Å²) < 4.78 is 0. The lowest BCUT2D eigenvalue weighted by molar-refractivity contribution is 0.102. The van der Waals surface area contributed by atoms with Crippen molar-refractivity contribution in [3.63, 3.8) is 0 Å². The molecule has 0 atom stereocenters. The molecular formula is C9H8N6O. The number of nitrogens with zero attached hydrogens (tertiary/aromatic N) is 4. The number of aromatic nitrogens is 4. The molecule has 7 nitrogen and oxygen atoms in total. The van der Waals surface area contributed by atoms with Crippen molar-refractivity contribution in [1.29, 1.82) is 0 Å². The van der Waals surface area contributed by atoms with Crippen molar-refractivity contribution in [1.82, 2.24) is 19.9 Å². The summed E-state index contributed by atoms with van der Waals surface area (Å²) >= 11 is 0. The van der Waals surface area contributed by atoms with Crippen LogP contribution in [0.1, 0.15) is 10.5 Å². The fraction of sp³-hybridized carbons (Fsp3) is 0. The van der Waals surface area contributed by atoms with Gasteiger partial charge in [0, 0.05) is 24.8 Å². The Balaban J connectivity index is 2.19. The summed E-state index contributed by atoms with van der Waals surface area (Å²) in [5.41, 5.74) is 5.57. The SMILES string of the molecule is Nc1nccnc1C(=O)Nc1cnccn1. The highest BCUT2D eigenvalue weighted by molar-refractivity contribution is 6.05. The van der Waals surface area contributed by atoms with E-state index in [1.165, 1.54) is 31.0 Å². The number of nitrogens with one attached hydrogen (secondary N) is 1. The molecule has 3 N–H and O–H groups in total. The van der Waals surface area contributed by atoms with Crippen molar-refractivity contribution in [2.24, 2.45) is 0 Å². The van der Waals surface area contributed by atoms with Gasteiger partial charge in [0.05, 0.1) is 6.20 Å². The van der Waals surface area contributed by atoms with Gasteiger partial charge in [-0.1, -0.05) is 0 Å². The number of carbonyl (C=O) groups is 1. The number of hydrogen-bond donors (Lipinski definition) is 2. The number of hydrogen-bond acceptors (Lipinski definition) is 6. The Morgan fingerprint density at radius 1 is 1.12 bits per heavy atom. The second-order valence-corrected chi connectivity index (χ2v) is 2.83. The first-order chi connectivity index (χ1) is 7.77. The Morgan fingerprint density at radius 2 is 1.88 bits per heavy atom. The smallest absolute Gasteiger partial charge is 0.279 e. The number of amides is 1. The molecule has 0 aliphatic rings. The molecule has 0 bridgehead atoms. The highest BCUT2D eigenvalue weighted by Crippen LogP contribution is 2.06. The highest BCUT2D eigenvalue weighted by Gasteiger charge is 2.12. The van der Waals surface area contributed by atoms with Gasteiger partial charge in [-0.2, -0.15) is 0 Å². The van der Waals surface area contributed by atoms with Gasteiger partial charge in [-0.15, -0.1) is 0 Å². The van der Waals surface area contributed by atoms with Gasteiger partial charge in [-0.05, 0) is 0 Å². The van der Waals surface area contributed by atoms with Crippen LogP contribution in [-0.4, -0.2) is 25.8 Å². The van der Waals surface area contributed by atoms with Crippen molar-refractivity contribution in [2.45, 2.75) is 0 Å². The van der Waals surface area contributed by atoms with Crippen molar-refractivity contribution in [3.8, 4) is 0 Å². The zero-order valence-electron chi connectivity index (χ0n) is 8.16. The van der Waals surface area contributed by atoms with Crippen LogP contribution < -0.4 is 11.1 Å². The molecule has 0 aliphatic carbocycles. The summed E-state index contributed by atoms with van der Waals surface area (Å²) in [6, 6.07) is 0. The van der Waals surface area contributed by atoms with Gasteiger partial charge in [0.2, 0.25) is 0 Å². The van der Waals surface area contributed by atoms with Crippen LogP contribution in [0.3, 0.4) is 0 Å². The van der Waals surface area contributed by atoms with Crippen molar-refractivity contribution < 1.29 is 4.79 Å². The van der Waals surface area contributed by atoms with Crippen molar-refractivity contribution >= 4 is 17.5 Å². The molecule has 0 unspecified atom stereocenters. The molecule has 80 valence electrons. The minimum atomic E-state index is -0.467. The van der Waals surface area contributed by atoms with E-state index in [0.717, 1.165) is 0 Å².